The molecule has 5 nitrogen and oxygen atoms in total. The van der Waals surface area contributed by atoms with E-state index in [0.29, 0.717) is 21.6 Å². The quantitative estimate of drug-likeness (QED) is 0.460. The minimum Gasteiger partial charge on any atom is -0.497 e. The summed E-state index contributed by atoms with van der Waals surface area (Å²) < 4.78 is 5.34. The molecule has 2 aromatic rings. The number of halogens is 1. The molecule has 0 atom stereocenters. The number of aliphatic imine (C=N–C) groups is 1. The molecule has 1 fully saturated rings. The van der Waals surface area contributed by atoms with E-state index < -0.39 is 0 Å². The molecular formula is C21H18ClN3O2S2. The second-order valence-electron chi connectivity index (χ2n) is 6.31. The molecule has 0 aromatic heterocycles. The molecule has 0 unspecified atom stereocenters. The molecule has 148 valence electrons. The predicted molar refractivity (Wildman–Crippen MR) is 122 cm³/mol. The Bertz CT molecular complexity index is 1050. The average molecular weight is 444 g/mol. The number of benzene rings is 2. The Labute approximate surface area is 183 Å². The van der Waals surface area contributed by atoms with E-state index in [4.69, 9.17) is 16.3 Å². The Kier molecular flexibility index (Phi) is 5.63. The van der Waals surface area contributed by atoms with Crippen LogP contribution in [0.3, 0.4) is 0 Å². The van der Waals surface area contributed by atoms with Gasteiger partial charge in [-0.15, -0.1) is 6.58 Å². The monoisotopic (exact) mass is 443 g/mol. The van der Waals surface area contributed by atoms with Gasteiger partial charge in [0.2, 0.25) is 0 Å². The fourth-order valence-electron chi connectivity index (χ4n) is 2.99. The van der Waals surface area contributed by atoms with Crippen molar-refractivity contribution in [2.75, 3.05) is 25.6 Å². The minimum absolute atomic E-state index is 0.0725. The van der Waals surface area contributed by atoms with E-state index in [1.165, 1.54) is 11.8 Å². The van der Waals surface area contributed by atoms with Crippen LogP contribution >= 0.6 is 35.1 Å². The standard InChI is InChI=1S/C21H18ClN3O2S2/c1-4-11-25-19(26)18(29-21(25)23-14-7-5-13(22)6-8-14)20-24(2)16-12-15(27-3)9-10-17(16)28-20/h4-10,12H,1,11H2,2-3H3/b20-18-,23-21?. The summed E-state index contributed by atoms with van der Waals surface area (Å²) >= 11 is 8.92. The number of rotatable bonds is 4. The number of thioether (sulfide) groups is 2. The third kappa shape index (κ3) is 3.77. The Morgan fingerprint density at radius 3 is 2.66 bits per heavy atom. The van der Waals surface area contributed by atoms with Gasteiger partial charge in [0, 0.05) is 29.6 Å². The van der Waals surface area contributed by atoms with Gasteiger partial charge in [0.25, 0.3) is 5.91 Å². The maximum absolute atomic E-state index is 13.2. The number of amides is 1. The van der Waals surface area contributed by atoms with Gasteiger partial charge in [0.15, 0.2) is 5.17 Å². The summed E-state index contributed by atoms with van der Waals surface area (Å²) in [5.41, 5.74) is 1.76. The molecule has 0 N–H and O–H groups in total. The molecule has 0 aliphatic carbocycles. The lowest BCUT2D eigenvalue weighted by molar-refractivity contribution is -0.121. The van der Waals surface area contributed by atoms with Crippen LogP contribution in [0.25, 0.3) is 0 Å². The highest BCUT2D eigenvalue weighted by molar-refractivity contribution is 8.19. The lowest BCUT2D eigenvalue weighted by Gasteiger charge is -2.15. The number of carbonyl (C=O) groups excluding carboxylic acids is 1. The zero-order chi connectivity index (χ0) is 20.5. The maximum atomic E-state index is 13.2. The van der Waals surface area contributed by atoms with Crippen molar-refractivity contribution in [3.63, 3.8) is 0 Å². The Hall–Kier alpha value is -2.35. The second-order valence-corrected chi connectivity index (χ2v) is 8.75. The second kappa shape index (κ2) is 8.18. The molecular weight excluding hydrogens is 426 g/mol. The van der Waals surface area contributed by atoms with Gasteiger partial charge >= 0.3 is 0 Å². The highest BCUT2D eigenvalue weighted by atomic mass is 35.5. The van der Waals surface area contributed by atoms with E-state index in [2.05, 4.69) is 11.6 Å². The predicted octanol–water partition coefficient (Wildman–Crippen LogP) is 5.51. The van der Waals surface area contributed by atoms with Gasteiger partial charge < -0.3 is 9.64 Å². The van der Waals surface area contributed by atoms with Crippen molar-refractivity contribution < 1.29 is 9.53 Å². The Morgan fingerprint density at radius 1 is 1.21 bits per heavy atom. The molecule has 2 heterocycles. The third-order valence-corrected chi connectivity index (χ3v) is 7.14. The van der Waals surface area contributed by atoms with Crippen molar-refractivity contribution in [1.29, 1.82) is 0 Å². The van der Waals surface area contributed by atoms with Crippen molar-refractivity contribution in [2.45, 2.75) is 4.90 Å². The number of hydrogen-bond donors (Lipinski definition) is 0. The van der Waals surface area contributed by atoms with Crippen LogP contribution in [0.5, 0.6) is 5.75 Å². The van der Waals surface area contributed by atoms with Gasteiger partial charge in [0.05, 0.1) is 23.5 Å². The molecule has 8 heteroatoms. The topological polar surface area (TPSA) is 45.1 Å². The van der Waals surface area contributed by atoms with Crippen LogP contribution in [-0.4, -0.2) is 36.7 Å². The average Bonchev–Trinajstić information content (AvgIpc) is 3.21. The Morgan fingerprint density at radius 2 is 1.97 bits per heavy atom. The van der Waals surface area contributed by atoms with Crippen LogP contribution < -0.4 is 9.64 Å². The molecule has 4 rings (SSSR count). The van der Waals surface area contributed by atoms with Crippen molar-refractivity contribution in [3.8, 4) is 5.75 Å². The number of methoxy groups -OCH3 is 1. The zero-order valence-corrected chi connectivity index (χ0v) is 18.3. The van der Waals surface area contributed by atoms with Gasteiger partial charge in [-0.3, -0.25) is 9.69 Å². The molecule has 0 saturated carbocycles. The van der Waals surface area contributed by atoms with Crippen LogP contribution in [0.4, 0.5) is 11.4 Å². The highest BCUT2D eigenvalue weighted by Gasteiger charge is 2.38. The SMILES string of the molecule is C=CCN1C(=O)/C(=C2/Sc3ccc(OC)cc3N2C)SC1=Nc1ccc(Cl)cc1. The van der Waals surface area contributed by atoms with Crippen molar-refractivity contribution in [3.05, 3.63) is 70.1 Å². The number of anilines is 1. The first-order valence-corrected chi connectivity index (χ1v) is 10.8. The van der Waals surface area contributed by atoms with Crippen LogP contribution in [0.15, 0.2) is 74.9 Å². The number of ether oxygens (including phenoxy) is 1. The maximum Gasteiger partial charge on any atom is 0.269 e. The summed E-state index contributed by atoms with van der Waals surface area (Å²) in [7, 11) is 3.60. The smallest absolute Gasteiger partial charge is 0.269 e. The number of amidine groups is 1. The van der Waals surface area contributed by atoms with Crippen LogP contribution in [0.2, 0.25) is 5.02 Å². The fraction of sp³-hybridized carbons (Fsp3) is 0.143. The zero-order valence-electron chi connectivity index (χ0n) is 15.9. The van der Waals surface area contributed by atoms with Crippen LogP contribution in [0.1, 0.15) is 0 Å². The molecule has 1 amide bonds. The van der Waals surface area contributed by atoms with Gasteiger partial charge in [-0.2, -0.15) is 0 Å². The first kappa shape index (κ1) is 19.9. The van der Waals surface area contributed by atoms with Crippen LogP contribution in [-0.2, 0) is 4.79 Å². The van der Waals surface area contributed by atoms with Gasteiger partial charge in [-0.25, -0.2) is 4.99 Å². The molecule has 0 radical (unpaired) electrons. The van der Waals surface area contributed by atoms with Crippen molar-refractivity contribution >= 4 is 57.6 Å². The summed E-state index contributed by atoms with van der Waals surface area (Å²) in [4.78, 5) is 23.3. The molecule has 29 heavy (non-hydrogen) atoms. The van der Waals surface area contributed by atoms with Gasteiger partial charge in [0.1, 0.15) is 10.7 Å². The number of carbonyl (C=O) groups is 1. The lowest BCUT2D eigenvalue weighted by Crippen LogP contribution is -2.29. The number of nitrogens with zero attached hydrogens (tertiary/aromatic N) is 3. The van der Waals surface area contributed by atoms with E-state index in [1.54, 1.807) is 42.0 Å². The summed E-state index contributed by atoms with van der Waals surface area (Å²) in [6.45, 7) is 4.17. The molecule has 0 spiro atoms. The van der Waals surface area contributed by atoms with Crippen LogP contribution in [0, 0.1) is 0 Å². The van der Waals surface area contributed by atoms with E-state index in [0.717, 1.165) is 27.0 Å². The molecule has 2 aliphatic heterocycles. The number of fused-ring (bicyclic) bond motifs is 1. The van der Waals surface area contributed by atoms with E-state index in [9.17, 15) is 4.79 Å². The van der Waals surface area contributed by atoms with Gasteiger partial charge in [-0.1, -0.05) is 29.4 Å². The minimum atomic E-state index is -0.0725. The van der Waals surface area contributed by atoms with E-state index in [1.807, 2.05) is 42.3 Å². The van der Waals surface area contributed by atoms with E-state index >= 15 is 0 Å². The summed E-state index contributed by atoms with van der Waals surface area (Å²) in [5, 5.41) is 2.16. The lowest BCUT2D eigenvalue weighted by atomic mass is 10.3. The third-order valence-electron chi connectivity index (χ3n) is 4.46. The molecule has 2 aliphatic rings. The molecule has 0 bridgehead atoms. The summed E-state index contributed by atoms with van der Waals surface area (Å²) in [6, 6.07) is 13.1. The first-order chi connectivity index (χ1) is 14.0. The fourth-order valence-corrected chi connectivity index (χ4v) is 5.45. The normalized spacial score (nSPS) is 19.8. The highest BCUT2D eigenvalue weighted by Crippen LogP contribution is 2.51. The summed E-state index contributed by atoms with van der Waals surface area (Å²) in [5.74, 6) is 0.711. The van der Waals surface area contributed by atoms with Crippen molar-refractivity contribution in [2.24, 2.45) is 4.99 Å². The molecule has 1 saturated heterocycles. The number of hydrogen-bond acceptors (Lipinski definition) is 6. The molecule has 2 aromatic carbocycles. The van der Waals surface area contributed by atoms with Crippen molar-refractivity contribution in [1.82, 2.24) is 4.90 Å². The summed E-state index contributed by atoms with van der Waals surface area (Å²) in [6.07, 6.45) is 1.70. The Balaban J connectivity index is 1.72. The van der Waals surface area contributed by atoms with Gasteiger partial charge in [-0.05, 0) is 48.2 Å². The largest absolute Gasteiger partial charge is 0.497 e. The first-order valence-electron chi connectivity index (χ1n) is 8.80. The van der Waals surface area contributed by atoms with E-state index in [-0.39, 0.29) is 5.91 Å².